The van der Waals surface area contributed by atoms with Crippen LogP contribution in [0.5, 0.6) is 0 Å². The van der Waals surface area contributed by atoms with E-state index in [1.807, 2.05) is 0 Å². The fraction of sp³-hybridized carbons (Fsp3) is 1.00. The quantitative estimate of drug-likeness (QED) is 0.421. The zero-order valence-corrected chi connectivity index (χ0v) is 14.5. The molecule has 0 bridgehead atoms. The molecule has 3 rings (SSSR count). The van der Waals surface area contributed by atoms with E-state index in [1.54, 1.807) is 0 Å². The van der Waals surface area contributed by atoms with E-state index >= 15 is 0 Å². The maximum Gasteiger partial charge on any atom is -0.0354 e. The third kappa shape index (κ3) is 13.4. The topological polar surface area (TPSA) is 0 Å². The molecule has 0 N–H and O–H groups in total. The average molecular weight is 297 g/mol. The molecule has 0 aromatic carbocycles. The van der Waals surface area contributed by atoms with E-state index in [1.165, 1.54) is 109 Å². The molecular weight excluding hydrogens is 252 g/mol. The molecule has 3 aliphatic carbocycles. The van der Waals surface area contributed by atoms with Crippen LogP contribution in [-0.4, -0.2) is 0 Å². The standard InChI is InChI=1S/C8H16.2C6H12.CH4/c1-8(2)6-4-3-5-7-8;2*1-2-4-6-5-3-1;/h3-7H2,1-2H3;2*1-6H2;1H4. The van der Waals surface area contributed by atoms with Gasteiger partial charge in [0.2, 0.25) is 0 Å². The van der Waals surface area contributed by atoms with Crippen molar-refractivity contribution in [2.75, 3.05) is 0 Å². The second kappa shape index (κ2) is 13.6. The van der Waals surface area contributed by atoms with Crippen LogP contribution in [0, 0.1) is 5.41 Å². The third-order valence-corrected chi connectivity index (χ3v) is 5.21. The second-order valence-corrected chi connectivity index (χ2v) is 7.97. The molecule has 0 heteroatoms. The summed E-state index contributed by atoms with van der Waals surface area (Å²) in [6.07, 6.45) is 25.3. The molecule has 0 heterocycles. The van der Waals surface area contributed by atoms with E-state index in [0.29, 0.717) is 5.41 Å². The van der Waals surface area contributed by atoms with Crippen molar-refractivity contribution in [3.63, 3.8) is 0 Å². The number of hydrogen-bond donors (Lipinski definition) is 0. The van der Waals surface area contributed by atoms with Gasteiger partial charge in [0.25, 0.3) is 0 Å². The van der Waals surface area contributed by atoms with Crippen LogP contribution in [0.25, 0.3) is 0 Å². The fourth-order valence-electron chi connectivity index (χ4n) is 3.63. The summed E-state index contributed by atoms with van der Waals surface area (Å²) in [5, 5.41) is 0. The lowest BCUT2D eigenvalue weighted by atomic mass is 9.78. The van der Waals surface area contributed by atoms with Crippen molar-refractivity contribution in [2.45, 2.75) is 130 Å². The van der Waals surface area contributed by atoms with Gasteiger partial charge in [-0.15, -0.1) is 0 Å². The Hall–Kier alpha value is 0. The first-order valence-electron chi connectivity index (χ1n) is 9.71. The van der Waals surface area contributed by atoms with E-state index in [0.717, 1.165) is 0 Å². The van der Waals surface area contributed by atoms with Gasteiger partial charge in [0, 0.05) is 0 Å². The highest BCUT2D eigenvalue weighted by molar-refractivity contribution is 4.72. The fourth-order valence-corrected chi connectivity index (χ4v) is 3.63. The summed E-state index contributed by atoms with van der Waals surface area (Å²) in [7, 11) is 0. The van der Waals surface area contributed by atoms with Gasteiger partial charge in [0.15, 0.2) is 0 Å². The Labute approximate surface area is 136 Å². The first kappa shape index (κ1) is 21.0. The molecule has 0 aromatic rings. The van der Waals surface area contributed by atoms with Crippen molar-refractivity contribution >= 4 is 0 Å². The summed E-state index contributed by atoms with van der Waals surface area (Å²) < 4.78 is 0. The molecule has 3 saturated carbocycles. The van der Waals surface area contributed by atoms with Gasteiger partial charge in [-0.25, -0.2) is 0 Å². The summed E-state index contributed by atoms with van der Waals surface area (Å²) in [6, 6.07) is 0. The molecule has 0 atom stereocenters. The lowest BCUT2D eigenvalue weighted by molar-refractivity contribution is 0.244. The van der Waals surface area contributed by atoms with Gasteiger partial charge >= 0.3 is 0 Å². The molecule has 21 heavy (non-hydrogen) atoms. The molecule has 0 spiro atoms. The van der Waals surface area contributed by atoms with Crippen LogP contribution >= 0.6 is 0 Å². The predicted molar refractivity (Wildman–Crippen MR) is 99.0 cm³/mol. The normalized spacial score (nSPS) is 24.3. The third-order valence-electron chi connectivity index (χ3n) is 5.21. The minimum absolute atomic E-state index is 0. The SMILES string of the molecule is C.C1CCCCC1.C1CCCCC1.CC1(C)CCCCC1. The van der Waals surface area contributed by atoms with Crippen molar-refractivity contribution in [3.8, 4) is 0 Å². The van der Waals surface area contributed by atoms with Crippen molar-refractivity contribution < 1.29 is 0 Å². The van der Waals surface area contributed by atoms with Crippen molar-refractivity contribution in [1.29, 1.82) is 0 Å². The smallest absolute Gasteiger partial charge is 0.0354 e. The average Bonchev–Trinajstić information content (AvgIpc) is 2.52. The molecule has 0 radical (unpaired) electrons. The van der Waals surface area contributed by atoms with Gasteiger partial charge in [-0.1, -0.05) is 118 Å². The molecule has 128 valence electrons. The van der Waals surface area contributed by atoms with E-state index in [9.17, 15) is 0 Å². The molecule has 0 aliphatic heterocycles. The molecular formula is C21H44. The molecule has 0 amide bonds. The summed E-state index contributed by atoms with van der Waals surface area (Å²) >= 11 is 0. The lowest BCUT2D eigenvalue weighted by Crippen LogP contribution is -2.14. The molecule has 3 fully saturated rings. The lowest BCUT2D eigenvalue weighted by Gasteiger charge is -2.28. The van der Waals surface area contributed by atoms with Crippen molar-refractivity contribution in [2.24, 2.45) is 5.41 Å². The Balaban J connectivity index is 0.000000283. The zero-order chi connectivity index (χ0) is 14.5. The first-order chi connectivity index (χ1) is 9.71. The predicted octanol–water partition coefficient (Wildman–Crippen LogP) is 8.29. The number of rotatable bonds is 0. The maximum atomic E-state index is 2.38. The molecule has 0 nitrogen and oxygen atoms in total. The molecule has 0 unspecified atom stereocenters. The van der Waals surface area contributed by atoms with Gasteiger partial charge in [-0.3, -0.25) is 0 Å². The van der Waals surface area contributed by atoms with Gasteiger partial charge < -0.3 is 0 Å². The zero-order valence-electron chi connectivity index (χ0n) is 14.5. The molecule has 3 aliphatic rings. The van der Waals surface area contributed by atoms with E-state index in [2.05, 4.69) is 13.8 Å². The first-order valence-corrected chi connectivity index (χ1v) is 9.71. The Morgan fingerprint density at radius 2 is 0.571 bits per heavy atom. The Bertz CT molecular complexity index is 153. The van der Waals surface area contributed by atoms with Crippen LogP contribution in [0.2, 0.25) is 0 Å². The van der Waals surface area contributed by atoms with E-state index in [4.69, 9.17) is 0 Å². The minimum atomic E-state index is 0. The Morgan fingerprint density at radius 3 is 0.714 bits per heavy atom. The highest BCUT2D eigenvalue weighted by Gasteiger charge is 2.19. The van der Waals surface area contributed by atoms with Gasteiger partial charge in [-0.05, 0) is 18.3 Å². The van der Waals surface area contributed by atoms with Crippen LogP contribution in [0.4, 0.5) is 0 Å². The summed E-state index contributed by atoms with van der Waals surface area (Å²) in [4.78, 5) is 0. The summed E-state index contributed by atoms with van der Waals surface area (Å²) in [5.74, 6) is 0. The van der Waals surface area contributed by atoms with Crippen LogP contribution in [0.1, 0.15) is 130 Å². The summed E-state index contributed by atoms with van der Waals surface area (Å²) in [6.45, 7) is 4.76. The maximum absolute atomic E-state index is 2.38. The Kier molecular flexibility index (Phi) is 13.6. The van der Waals surface area contributed by atoms with Gasteiger partial charge in [0.1, 0.15) is 0 Å². The van der Waals surface area contributed by atoms with Crippen molar-refractivity contribution in [1.82, 2.24) is 0 Å². The van der Waals surface area contributed by atoms with E-state index < -0.39 is 0 Å². The van der Waals surface area contributed by atoms with Gasteiger partial charge in [0.05, 0.1) is 0 Å². The molecule has 0 saturated heterocycles. The molecule has 0 aromatic heterocycles. The highest BCUT2D eigenvalue weighted by atomic mass is 14.3. The largest absolute Gasteiger partial charge is 0.0776 e. The monoisotopic (exact) mass is 296 g/mol. The van der Waals surface area contributed by atoms with Crippen molar-refractivity contribution in [3.05, 3.63) is 0 Å². The minimum Gasteiger partial charge on any atom is -0.0776 e. The summed E-state index contributed by atoms with van der Waals surface area (Å²) in [5.41, 5.74) is 0.679. The van der Waals surface area contributed by atoms with Gasteiger partial charge in [-0.2, -0.15) is 0 Å². The Morgan fingerprint density at radius 1 is 0.381 bits per heavy atom. The van der Waals surface area contributed by atoms with Crippen LogP contribution < -0.4 is 0 Å². The van der Waals surface area contributed by atoms with Crippen LogP contribution in [0.15, 0.2) is 0 Å². The number of hydrogen-bond acceptors (Lipinski definition) is 0. The van der Waals surface area contributed by atoms with Crippen LogP contribution in [0.3, 0.4) is 0 Å². The highest BCUT2D eigenvalue weighted by Crippen LogP contribution is 2.34. The van der Waals surface area contributed by atoms with Crippen LogP contribution in [-0.2, 0) is 0 Å². The second-order valence-electron chi connectivity index (χ2n) is 7.97. The van der Waals surface area contributed by atoms with E-state index in [-0.39, 0.29) is 7.43 Å².